The van der Waals surface area contributed by atoms with E-state index in [1.807, 2.05) is 0 Å². The summed E-state index contributed by atoms with van der Waals surface area (Å²) in [5.74, 6) is 0. The largest absolute Gasteiger partial charge is 0.312 e. The molecule has 2 rings (SSSR count). The molecule has 0 atom stereocenters. The van der Waals surface area contributed by atoms with Gasteiger partial charge in [-0.1, -0.05) is 35.0 Å². The van der Waals surface area contributed by atoms with E-state index >= 15 is 0 Å². The predicted octanol–water partition coefficient (Wildman–Crippen LogP) is 3.34. The van der Waals surface area contributed by atoms with Gasteiger partial charge in [-0.15, -0.1) is 0 Å². The third-order valence-electron chi connectivity index (χ3n) is 2.90. The Hall–Kier alpha value is -0.340. The van der Waals surface area contributed by atoms with E-state index in [1.165, 1.54) is 18.4 Å². The third kappa shape index (κ3) is 2.82. The number of nitrogens with one attached hydrogen (secondary N) is 1. The minimum atomic E-state index is 0.607. The van der Waals surface area contributed by atoms with Crippen molar-refractivity contribution in [2.45, 2.75) is 26.3 Å². The Kier molecular flexibility index (Phi) is 2.93. The first kappa shape index (κ1) is 10.2. The Morgan fingerprint density at radius 2 is 1.93 bits per heavy atom. The van der Waals surface area contributed by atoms with Crippen molar-refractivity contribution in [2.75, 3.05) is 6.54 Å². The number of halogens is 1. The molecule has 1 saturated carbocycles. The number of rotatable bonds is 4. The van der Waals surface area contributed by atoms with Crippen LogP contribution in [0.3, 0.4) is 0 Å². The molecule has 14 heavy (non-hydrogen) atoms. The first-order valence-corrected chi connectivity index (χ1v) is 5.92. The maximum absolute atomic E-state index is 3.51. The Bertz CT molecular complexity index is 301. The van der Waals surface area contributed by atoms with Crippen molar-refractivity contribution in [3.05, 3.63) is 34.3 Å². The van der Waals surface area contributed by atoms with Crippen molar-refractivity contribution >= 4 is 15.9 Å². The molecule has 0 unspecified atom stereocenters. The molecule has 0 bridgehead atoms. The second-order valence-electron chi connectivity index (χ2n) is 4.54. The highest BCUT2D eigenvalue weighted by Gasteiger charge is 2.36. The van der Waals surface area contributed by atoms with E-state index in [0.29, 0.717) is 5.41 Å². The molecule has 0 aliphatic heterocycles. The van der Waals surface area contributed by atoms with Gasteiger partial charge in [0.2, 0.25) is 0 Å². The Balaban J connectivity index is 1.77. The van der Waals surface area contributed by atoms with Gasteiger partial charge in [0.1, 0.15) is 0 Å². The fourth-order valence-corrected chi connectivity index (χ4v) is 1.77. The van der Waals surface area contributed by atoms with E-state index in [-0.39, 0.29) is 0 Å². The Morgan fingerprint density at radius 1 is 1.29 bits per heavy atom. The van der Waals surface area contributed by atoms with E-state index in [4.69, 9.17) is 0 Å². The van der Waals surface area contributed by atoms with Crippen LogP contribution in [-0.4, -0.2) is 6.54 Å². The van der Waals surface area contributed by atoms with E-state index < -0.39 is 0 Å². The molecule has 0 radical (unpaired) electrons. The second kappa shape index (κ2) is 4.03. The van der Waals surface area contributed by atoms with Crippen LogP contribution in [0.4, 0.5) is 0 Å². The lowest BCUT2D eigenvalue weighted by atomic mass is 10.1. The van der Waals surface area contributed by atoms with E-state index in [1.54, 1.807) is 0 Å². The van der Waals surface area contributed by atoms with Crippen LogP contribution >= 0.6 is 15.9 Å². The SMILES string of the molecule is CC1(CNCc2ccc(Br)cc2)CC1. The van der Waals surface area contributed by atoms with Crippen molar-refractivity contribution in [2.24, 2.45) is 5.41 Å². The summed E-state index contributed by atoms with van der Waals surface area (Å²) in [6, 6.07) is 8.50. The summed E-state index contributed by atoms with van der Waals surface area (Å²) in [6.07, 6.45) is 2.78. The molecule has 0 spiro atoms. The van der Waals surface area contributed by atoms with Crippen molar-refractivity contribution in [3.63, 3.8) is 0 Å². The van der Waals surface area contributed by atoms with Gasteiger partial charge in [0.25, 0.3) is 0 Å². The third-order valence-corrected chi connectivity index (χ3v) is 3.43. The van der Waals surface area contributed by atoms with Crippen LogP contribution in [0.15, 0.2) is 28.7 Å². The number of hydrogen-bond acceptors (Lipinski definition) is 1. The molecule has 1 aliphatic rings. The fraction of sp³-hybridized carbons (Fsp3) is 0.500. The zero-order valence-corrected chi connectivity index (χ0v) is 10.1. The highest BCUT2D eigenvalue weighted by Crippen LogP contribution is 2.44. The molecule has 1 aromatic rings. The van der Waals surface area contributed by atoms with Crippen molar-refractivity contribution < 1.29 is 0 Å². The molecular formula is C12H16BrN. The van der Waals surface area contributed by atoms with Crippen LogP contribution in [-0.2, 0) is 6.54 Å². The molecular weight excluding hydrogens is 238 g/mol. The molecule has 1 aliphatic carbocycles. The van der Waals surface area contributed by atoms with Crippen LogP contribution in [0.25, 0.3) is 0 Å². The van der Waals surface area contributed by atoms with Gasteiger partial charge in [-0.25, -0.2) is 0 Å². The topological polar surface area (TPSA) is 12.0 Å². The van der Waals surface area contributed by atoms with Crippen molar-refractivity contribution in [1.82, 2.24) is 5.32 Å². The van der Waals surface area contributed by atoms with E-state index in [9.17, 15) is 0 Å². The standard InChI is InChI=1S/C12H16BrN/c1-12(6-7-12)9-14-8-10-2-4-11(13)5-3-10/h2-5,14H,6-9H2,1H3. The summed E-state index contributed by atoms with van der Waals surface area (Å²) in [4.78, 5) is 0. The molecule has 76 valence electrons. The lowest BCUT2D eigenvalue weighted by molar-refractivity contribution is 0.499. The molecule has 0 heterocycles. The van der Waals surface area contributed by atoms with Gasteiger partial charge in [-0.3, -0.25) is 0 Å². The zero-order valence-electron chi connectivity index (χ0n) is 8.52. The summed E-state index contributed by atoms with van der Waals surface area (Å²) in [6.45, 7) is 4.49. The molecule has 1 aromatic carbocycles. The highest BCUT2D eigenvalue weighted by molar-refractivity contribution is 9.10. The van der Waals surface area contributed by atoms with Crippen LogP contribution in [0.2, 0.25) is 0 Å². The summed E-state index contributed by atoms with van der Waals surface area (Å²) in [7, 11) is 0. The number of benzene rings is 1. The smallest absolute Gasteiger partial charge is 0.0205 e. The molecule has 0 amide bonds. The summed E-state index contributed by atoms with van der Waals surface area (Å²) in [5, 5.41) is 3.51. The van der Waals surface area contributed by atoms with Gasteiger partial charge in [-0.05, 0) is 36.0 Å². The average molecular weight is 254 g/mol. The first-order chi connectivity index (χ1) is 6.68. The predicted molar refractivity (Wildman–Crippen MR) is 63.2 cm³/mol. The summed E-state index contributed by atoms with van der Waals surface area (Å²) < 4.78 is 1.15. The van der Waals surface area contributed by atoms with Gasteiger partial charge in [0.05, 0.1) is 0 Å². The summed E-state index contributed by atoms with van der Waals surface area (Å²) >= 11 is 3.43. The maximum atomic E-state index is 3.51. The van der Waals surface area contributed by atoms with Crippen LogP contribution in [0.1, 0.15) is 25.3 Å². The quantitative estimate of drug-likeness (QED) is 0.868. The minimum absolute atomic E-state index is 0.607. The van der Waals surface area contributed by atoms with Gasteiger partial charge < -0.3 is 5.32 Å². The van der Waals surface area contributed by atoms with E-state index in [0.717, 1.165) is 17.6 Å². The van der Waals surface area contributed by atoms with Crippen molar-refractivity contribution in [1.29, 1.82) is 0 Å². The minimum Gasteiger partial charge on any atom is -0.312 e. The average Bonchev–Trinajstić information content (AvgIpc) is 2.88. The molecule has 1 N–H and O–H groups in total. The normalized spacial score (nSPS) is 18.1. The van der Waals surface area contributed by atoms with E-state index in [2.05, 4.69) is 52.4 Å². The Morgan fingerprint density at radius 3 is 2.50 bits per heavy atom. The zero-order chi connectivity index (χ0) is 10.0. The van der Waals surface area contributed by atoms with Gasteiger partial charge >= 0.3 is 0 Å². The molecule has 2 heteroatoms. The highest BCUT2D eigenvalue weighted by atomic mass is 79.9. The number of hydrogen-bond donors (Lipinski definition) is 1. The van der Waals surface area contributed by atoms with Gasteiger partial charge in [0.15, 0.2) is 0 Å². The second-order valence-corrected chi connectivity index (χ2v) is 5.46. The molecule has 1 fully saturated rings. The fourth-order valence-electron chi connectivity index (χ4n) is 1.50. The maximum Gasteiger partial charge on any atom is 0.0205 e. The lowest BCUT2D eigenvalue weighted by Gasteiger charge is -2.09. The van der Waals surface area contributed by atoms with Gasteiger partial charge in [-0.2, -0.15) is 0 Å². The summed E-state index contributed by atoms with van der Waals surface area (Å²) in [5.41, 5.74) is 1.97. The molecule has 1 nitrogen and oxygen atoms in total. The molecule has 0 saturated heterocycles. The van der Waals surface area contributed by atoms with Crippen LogP contribution in [0, 0.1) is 5.41 Å². The van der Waals surface area contributed by atoms with Crippen molar-refractivity contribution in [3.8, 4) is 0 Å². The monoisotopic (exact) mass is 253 g/mol. The van der Waals surface area contributed by atoms with Gasteiger partial charge in [0, 0.05) is 17.6 Å². The molecule has 0 aromatic heterocycles. The van der Waals surface area contributed by atoms with Crippen LogP contribution in [0.5, 0.6) is 0 Å². The lowest BCUT2D eigenvalue weighted by Crippen LogP contribution is -2.21. The Labute approximate surface area is 94.0 Å². The first-order valence-electron chi connectivity index (χ1n) is 5.13. The van der Waals surface area contributed by atoms with Crippen LogP contribution < -0.4 is 5.32 Å².